The minimum Gasteiger partial charge on any atom is -0.353 e. The molecule has 1 aliphatic heterocycles. The molecule has 1 aliphatic rings. The third-order valence-corrected chi connectivity index (χ3v) is 7.30. The SMILES string of the molecule is Cc1cc(C)cc(S(=O)(=O)C2=C(C(=O)NCCn3cccc3)Nc3ccc(F)c(F)c3C2)c1. The van der Waals surface area contributed by atoms with E-state index in [0.717, 1.165) is 17.2 Å². The quantitative estimate of drug-likeness (QED) is 0.572. The van der Waals surface area contributed by atoms with Crippen molar-refractivity contribution in [2.24, 2.45) is 0 Å². The van der Waals surface area contributed by atoms with Crippen LogP contribution in [0.25, 0.3) is 0 Å². The predicted molar refractivity (Wildman–Crippen MR) is 121 cm³/mol. The van der Waals surface area contributed by atoms with Crippen molar-refractivity contribution in [3.8, 4) is 0 Å². The van der Waals surface area contributed by atoms with Gasteiger partial charge in [-0.15, -0.1) is 0 Å². The first-order valence-electron chi connectivity index (χ1n) is 10.4. The lowest BCUT2D eigenvalue weighted by molar-refractivity contribution is -0.117. The normalized spacial score (nSPS) is 13.5. The molecule has 9 heteroatoms. The number of hydrogen-bond acceptors (Lipinski definition) is 4. The molecule has 0 atom stereocenters. The smallest absolute Gasteiger partial charge is 0.268 e. The molecule has 0 saturated heterocycles. The lowest BCUT2D eigenvalue weighted by Gasteiger charge is -2.25. The number of nitrogens with zero attached hydrogens (tertiary/aromatic N) is 1. The molecular formula is C24H23F2N3O3S. The molecule has 4 rings (SSSR count). The highest BCUT2D eigenvalue weighted by molar-refractivity contribution is 7.95. The molecule has 0 fully saturated rings. The Labute approximate surface area is 190 Å². The highest BCUT2D eigenvalue weighted by Crippen LogP contribution is 2.36. The van der Waals surface area contributed by atoms with Crippen LogP contribution < -0.4 is 10.6 Å². The average Bonchev–Trinajstić information content (AvgIpc) is 3.28. The van der Waals surface area contributed by atoms with Gasteiger partial charge in [0.05, 0.1) is 9.80 Å². The number of aryl methyl sites for hydroxylation is 2. The first-order valence-corrected chi connectivity index (χ1v) is 11.8. The standard InChI is InChI=1S/C24H23F2N3O3S/c1-15-11-16(2)13-17(12-15)33(31,32)21-14-18-20(6-5-19(25)22(18)26)28-23(21)24(30)27-7-10-29-8-3-4-9-29/h3-6,8-9,11-13,28H,7,10,14H2,1-2H3,(H,27,30). The maximum absolute atomic E-state index is 14.5. The van der Waals surface area contributed by atoms with Crippen molar-refractivity contribution in [3.63, 3.8) is 0 Å². The highest BCUT2D eigenvalue weighted by Gasteiger charge is 2.34. The van der Waals surface area contributed by atoms with Crippen molar-refractivity contribution in [3.05, 3.63) is 93.8 Å². The van der Waals surface area contributed by atoms with Crippen LogP contribution in [0.2, 0.25) is 0 Å². The molecule has 1 aromatic heterocycles. The van der Waals surface area contributed by atoms with Crippen LogP contribution in [0.15, 0.2) is 70.4 Å². The lowest BCUT2D eigenvalue weighted by atomic mass is 10.0. The maximum Gasteiger partial charge on any atom is 0.268 e. The van der Waals surface area contributed by atoms with E-state index in [0.29, 0.717) is 6.54 Å². The van der Waals surface area contributed by atoms with Gasteiger partial charge in [0.25, 0.3) is 5.91 Å². The van der Waals surface area contributed by atoms with Crippen LogP contribution in [0.3, 0.4) is 0 Å². The van der Waals surface area contributed by atoms with Gasteiger partial charge in [-0.1, -0.05) is 6.07 Å². The summed E-state index contributed by atoms with van der Waals surface area (Å²) in [5.41, 5.74) is 1.28. The Morgan fingerprint density at radius 2 is 1.76 bits per heavy atom. The van der Waals surface area contributed by atoms with Crippen molar-refractivity contribution in [1.82, 2.24) is 9.88 Å². The van der Waals surface area contributed by atoms with E-state index in [1.165, 1.54) is 18.2 Å². The second-order valence-electron chi connectivity index (χ2n) is 7.99. The molecule has 0 saturated carbocycles. The van der Waals surface area contributed by atoms with Gasteiger partial charge in [-0.2, -0.15) is 0 Å². The lowest BCUT2D eigenvalue weighted by Crippen LogP contribution is -2.35. The summed E-state index contributed by atoms with van der Waals surface area (Å²) in [6.07, 6.45) is 3.24. The highest BCUT2D eigenvalue weighted by atomic mass is 32.2. The molecule has 0 aliphatic carbocycles. The van der Waals surface area contributed by atoms with Crippen LogP contribution in [-0.4, -0.2) is 25.4 Å². The number of halogens is 2. The maximum atomic E-state index is 14.5. The molecule has 2 N–H and O–H groups in total. The fraction of sp³-hybridized carbons (Fsp3) is 0.208. The molecule has 33 heavy (non-hydrogen) atoms. The largest absolute Gasteiger partial charge is 0.353 e. The Bertz CT molecular complexity index is 1340. The number of amides is 1. The van der Waals surface area contributed by atoms with Gasteiger partial charge < -0.3 is 15.2 Å². The van der Waals surface area contributed by atoms with E-state index in [-0.39, 0.29) is 33.3 Å². The number of benzene rings is 2. The van der Waals surface area contributed by atoms with E-state index >= 15 is 0 Å². The summed E-state index contributed by atoms with van der Waals surface area (Å²) in [4.78, 5) is 12.7. The van der Waals surface area contributed by atoms with E-state index in [1.54, 1.807) is 13.8 Å². The number of nitrogens with one attached hydrogen (secondary N) is 2. The Kier molecular flexibility index (Phi) is 6.07. The molecule has 3 aromatic rings. The second-order valence-corrected chi connectivity index (χ2v) is 9.96. The van der Waals surface area contributed by atoms with Gasteiger partial charge in [-0.25, -0.2) is 17.2 Å². The third-order valence-electron chi connectivity index (χ3n) is 5.45. The number of aromatic nitrogens is 1. The zero-order valence-corrected chi connectivity index (χ0v) is 19.0. The fourth-order valence-corrected chi connectivity index (χ4v) is 5.60. The molecule has 172 valence electrons. The molecule has 2 aromatic carbocycles. The summed E-state index contributed by atoms with van der Waals surface area (Å²) in [6.45, 7) is 4.26. The van der Waals surface area contributed by atoms with Gasteiger partial charge in [-0.3, -0.25) is 4.79 Å². The van der Waals surface area contributed by atoms with E-state index in [2.05, 4.69) is 10.6 Å². The van der Waals surface area contributed by atoms with Crippen molar-refractivity contribution in [2.45, 2.75) is 31.7 Å². The first kappa shape index (κ1) is 22.7. The molecule has 0 radical (unpaired) electrons. The molecule has 0 bridgehead atoms. The van der Waals surface area contributed by atoms with Crippen LogP contribution in [-0.2, 0) is 27.6 Å². The topological polar surface area (TPSA) is 80.2 Å². The van der Waals surface area contributed by atoms with Gasteiger partial charge in [0.15, 0.2) is 11.6 Å². The summed E-state index contributed by atoms with van der Waals surface area (Å²) in [7, 11) is -4.18. The van der Waals surface area contributed by atoms with Gasteiger partial charge in [0, 0.05) is 43.2 Å². The Hall–Kier alpha value is -3.46. The van der Waals surface area contributed by atoms with Gasteiger partial charge in [0.2, 0.25) is 9.84 Å². The molecule has 6 nitrogen and oxygen atoms in total. The minimum atomic E-state index is -4.18. The Morgan fingerprint density at radius 3 is 2.42 bits per heavy atom. The second kappa shape index (κ2) is 8.82. The van der Waals surface area contributed by atoms with E-state index in [9.17, 15) is 22.0 Å². The van der Waals surface area contributed by atoms with Gasteiger partial charge in [0.1, 0.15) is 5.70 Å². The van der Waals surface area contributed by atoms with E-state index in [1.807, 2.05) is 35.2 Å². The Balaban J connectivity index is 1.75. The fourth-order valence-electron chi connectivity index (χ4n) is 3.89. The molecule has 1 amide bonds. The summed E-state index contributed by atoms with van der Waals surface area (Å²) in [5.74, 6) is -2.86. The van der Waals surface area contributed by atoms with Crippen molar-refractivity contribution >= 4 is 21.4 Å². The number of rotatable bonds is 6. The zero-order valence-electron chi connectivity index (χ0n) is 18.2. The van der Waals surface area contributed by atoms with E-state index < -0.39 is 33.8 Å². The zero-order chi connectivity index (χ0) is 23.8. The molecular weight excluding hydrogens is 448 g/mol. The minimum absolute atomic E-state index is 0.00491. The first-order chi connectivity index (χ1) is 15.7. The summed E-state index contributed by atoms with van der Waals surface area (Å²) in [5, 5.41) is 5.45. The Morgan fingerprint density at radius 1 is 1.09 bits per heavy atom. The number of fused-ring (bicyclic) bond motifs is 1. The average molecular weight is 472 g/mol. The van der Waals surface area contributed by atoms with Crippen LogP contribution in [0, 0.1) is 25.5 Å². The summed E-state index contributed by atoms with van der Waals surface area (Å²) < 4.78 is 57.4. The number of carbonyl (C=O) groups excluding carboxylic acids is 1. The van der Waals surface area contributed by atoms with Gasteiger partial charge >= 0.3 is 0 Å². The molecule has 0 spiro atoms. The van der Waals surface area contributed by atoms with E-state index in [4.69, 9.17) is 0 Å². The number of carbonyl (C=O) groups is 1. The van der Waals surface area contributed by atoms with Crippen LogP contribution in [0.1, 0.15) is 16.7 Å². The number of hydrogen-bond donors (Lipinski definition) is 2. The predicted octanol–water partition coefficient (Wildman–Crippen LogP) is 3.85. The van der Waals surface area contributed by atoms with Crippen molar-refractivity contribution in [1.29, 1.82) is 0 Å². The monoisotopic (exact) mass is 471 g/mol. The number of sulfone groups is 1. The van der Waals surface area contributed by atoms with Crippen LogP contribution in [0.5, 0.6) is 0 Å². The summed E-state index contributed by atoms with van der Waals surface area (Å²) in [6, 6.07) is 10.7. The third kappa shape index (κ3) is 4.54. The molecule has 2 heterocycles. The van der Waals surface area contributed by atoms with Crippen molar-refractivity contribution < 1.29 is 22.0 Å². The van der Waals surface area contributed by atoms with Crippen LogP contribution in [0.4, 0.5) is 14.5 Å². The van der Waals surface area contributed by atoms with Gasteiger partial charge in [-0.05, 0) is 61.4 Å². The number of allylic oxidation sites excluding steroid dienone is 1. The van der Waals surface area contributed by atoms with Crippen LogP contribution >= 0.6 is 0 Å². The number of anilines is 1. The van der Waals surface area contributed by atoms with Crippen molar-refractivity contribution in [2.75, 3.05) is 11.9 Å². The molecule has 0 unspecified atom stereocenters. The summed E-state index contributed by atoms with van der Waals surface area (Å²) >= 11 is 0.